The minimum Gasteiger partial charge on any atom is -0.381 e. The molecular formula is C14H27NO2. The second kappa shape index (κ2) is 7.34. The lowest BCUT2D eigenvalue weighted by Crippen LogP contribution is -2.39. The monoisotopic (exact) mass is 241 g/mol. The zero-order valence-electron chi connectivity index (χ0n) is 11.1. The van der Waals surface area contributed by atoms with Gasteiger partial charge in [-0.1, -0.05) is 25.7 Å². The third-order valence-corrected chi connectivity index (χ3v) is 4.22. The highest BCUT2D eigenvalue weighted by atomic mass is 16.5. The largest absolute Gasteiger partial charge is 0.381 e. The maximum Gasteiger partial charge on any atom is 0.0626 e. The average Bonchev–Trinajstić information content (AvgIpc) is 2.74. The first-order chi connectivity index (χ1) is 8.40. The molecule has 2 unspecified atom stereocenters. The van der Waals surface area contributed by atoms with Crippen LogP contribution >= 0.6 is 0 Å². The van der Waals surface area contributed by atoms with Gasteiger partial charge in [0, 0.05) is 18.6 Å². The molecule has 2 atom stereocenters. The molecule has 0 aromatic rings. The van der Waals surface area contributed by atoms with Gasteiger partial charge in [-0.25, -0.2) is 0 Å². The second-order valence-corrected chi connectivity index (χ2v) is 5.47. The Morgan fingerprint density at radius 1 is 1.18 bits per heavy atom. The highest BCUT2D eigenvalue weighted by Crippen LogP contribution is 2.22. The van der Waals surface area contributed by atoms with Crippen LogP contribution in [0.15, 0.2) is 0 Å². The minimum atomic E-state index is 0.473. The SMILES string of the molecule is CNC(COC1CCCCCC1)C1CCOC1. The number of ether oxygens (including phenoxy) is 2. The van der Waals surface area contributed by atoms with Crippen LogP contribution in [0.5, 0.6) is 0 Å². The van der Waals surface area contributed by atoms with E-state index in [9.17, 15) is 0 Å². The molecule has 1 N–H and O–H groups in total. The van der Waals surface area contributed by atoms with E-state index in [0.29, 0.717) is 18.1 Å². The number of hydrogen-bond donors (Lipinski definition) is 1. The molecule has 1 aliphatic carbocycles. The van der Waals surface area contributed by atoms with Gasteiger partial charge in [0.15, 0.2) is 0 Å². The highest BCUT2D eigenvalue weighted by molar-refractivity contribution is 4.78. The summed E-state index contributed by atoms with van der Waals surface area (Å²) in [5.74, 6) is 0.644. The van der Waals surface area contributed by atoms with E-state index in [1.165, 1.54) is 44.9 Å². The molecule has 2 aliphatic rings. The fraction of sp³-hybridized carbons (Fsp3) is 1.00. The van der Waals surface area contributed by atoms with E-state index in [-0.39, 0.29) is 0 Å². The summed E-state index contributed by atoms with van der Waals surface area (Å²) in [6, 6.07) is 0.473. The fourth-order valence-corrected chi connectivity index (χ4v) is 2.97. The lowest BCUT2D eigenvalue weighted by Gasteiger charge is -2.24. The summed E-state index contributed by atoms with van der Waals surface area (Å²) >= 11 is 0. The molecule has 0 aromatic heterocycles. The summed E-state index contributed by atoms with van der Waals surface area (Å²) in [5, 5.41) is 3.39. The van der Waals surface area contributed by atoms with E-state index in [1.54, 1.807) is 0 Å². The number of hydrogen-bond acceptors (Lipinski definition) is 3. The maximum absolute atomic E-state index is 6.11. The van der Waals surface area contributed by atoms with E-state index in [2.05, 4.69) is 5.32 Å². The molecule has 2 rings (SSSR count). The van der Waals surface area contributed by atoms with Gasteiger partial charge in [0.2, 0.25) is 0 Å². The van der Waals surface area contributed by atoms with Gasteiger partial charge in [-0.05, 0) is 26.3 Å². The summed E-state index contributed by atoms with van der Waals surface area (Å²) in [7, 11) is 2.04. The fourth-order valence-electron chi connectivity index (χ4n) is 2.97. The van der Waals surface area contributed by atoms with Crippen LogP contribution in [-0.2, 0) is 9.47 Å². The Kier molecular flexibility index (Phi) is 5.75. The van der Waals surface area contributed by atoms with Crippen molar-refractivity contribution in [3.63, 3.8) is 0 Å². The molecule has 100 valence electrons. The number of rotatable bonds is 5. The van der Waals surface area contributed by atoms with Crippen molar-refractivity contribution < 1.29 is 9.47 Å². The van der Waals surface area contributed by atoms with Gasteiger partial charge in [-0.2, -0.15) is 0 Å². The number of nitrogens with one attached hydrogen (secondary N) is 1. The van der Waals surface area contributed by atoms with E-state index < -0.39 is 0 Å². The first kappa shape index (κ1) is 13.3. The summed E-state index contributed by atoms with van der Waals surface area (Å²) in [4.78, 5) is 0. The molecular weight excluding hydrogens is 214 g/mol. The van der Waals surface area contributed by atoms with Crippen LogP contribution in [0.25, 0.3) is 0 Å². The quantitative estimate of drug-likeness (QED) is 0.750. The molecule has 1 aliphatic heterocycles. The van der Waals surface area contributed by atoms with Crippen molar-refractivity contribution in [1.29, 1.82) is 0 Å². The zero-order valence-corrected chi connectivity index (χ0v) is 11.1. The molecule has 0 radical (unpaired) electrons. The van der Waals surface area contributed by atoms with Crippen LogP contribution in [0.4, 0.5) is 0 Å². The van der Waals surface area contributed by atoms with E-state index >= 15 is 0 Å². The maximum atomic E-state index is 6.11. The Balaban J connectivity index is 1.70. The molecule has 0 spiro atoms. The second-order valence-electron chi connectivity index (χ2n) is 5.47. The molecule has 3 heteroatoms. The standard InChI is InChI=1S/C14H27NO2/c1-15-14(12-8-9-16-10-12)11-17-13-6-4-2-3-5-7-13/h12-15H,2-11H2,1H3. The molecule has 1 heterocycles. The van der Waals surface area contributed by atoms with Crippen molar-refractivity contribution in [1.82, 2.24) is 5.32 Å². The van der Waals surface area contributed by atoms with Gasteiger partial charge in [0.1, 0.15) is 0 Å². The third kappa shape index (κ3) is 4.23. The topological polar surface area (TPSA) is 30.5 Å². The van der Waals surface area contributed by atoms with Crippen molar-refractivity contribution in [3.8, 4) is 0 Å². The predicted molar refractivity (Wildman–Crippen MR) is 69.2 cm³/mol. The van der Waals surface area contributed by atoms with Gasteiger partial charge in [-0.3, -0.25) is 0 Å². The first-order valence-corrected chi connectivity index (χ1v) is 7.26. The van der Waals surface area contributed by atoms with Crippen molar-refractivity contribution in [2.45, 2.75) is 57.1 Å². The molecule has 17 heavy (non-hydrogen) atoms. The Morgan fingerprint density at radius 3 is 2.53 bits per heavy atom. The van der Waals surface area contributed by atoms with Crippen molar-refractivity contribution in [2.75, 3.05) is 26.9 Å². The summed E-state index contributed by atoms with van der Waals surface area (Å²) < 4.78 is 11.6. The molecule has 0 aromatic carbocycles. The zero-order chi connectivity index (χ0) is 11.9. The van der Waals surface area contributed by atoms with E-state index in [1.807, 2.05) is 7.05 Å². The van der Waals surface area contributed by atoms with Gasteiger partial charge < -0.3 is 14.8 Å². The predicted octanol–water partition coefficient (Wildman–Crippen LogP) is 2.35. The van der Waals surface area contributed by atoms with Gasteiger partial charge in [-0.15, -0.1) is 0 Å². The molecule has 0 bridgehead atoms. The van der Waals surface area contributed by atoms with Crippen LogP contribution in [-0.4, -0.2) is 39.0 Å². The van der Waals surface area contributed by atoms with Gasteiger partial charge in [0.25, 0.3) is 0 Å². The molecule has 2 fully saturated rings. The van der Waals surface area contributed by atoms with Crippen molar-refractivity contribution in [2.24, 2.45) is 5.92 Å². The Morgan fingerprint density at radius 2 is 1.94 bits per heavy atom. The normalized spacial score (nSPS) is 29.1. The smallest absolute Gasteiger partial charge is 0.0626 e. The van der Waals surface area contributed by atoms with Crippen LogP contribution < -0.4 is 5.32 Å². The Labute approximate surface area is 105 Å². The van der Waals surface area contributed by atoms with Crippen LogP contribution in [0.2, 0.25) is 0 Å². The number of likely N-dealkylation sites (N-methyl/N-ethyl adjacent to an activating group) is 1. The van der Waals surface area contributed by atoms with Crippen LogP contribution in [0.1, 0.15) is 44.9 Å². The van der Waals surface area contributed by atoms with Crippen LogP contribution in [0, 0.1) is 5.92 Å². The molecule has 0 amide bonds. The summed E-state index contributed by atoms with van der Waals surface area (Å²) in [6.45, 7) is 2.68. The van der Waals surface area contributed by atoms with Gasteiger partial charge >= 0.3 is 0 Å². The van der Waals surface area contributed by atoms with Gasteiger partial charge in [0.05, 0.1) is 19.3 Å². The first-order valence-electron chi connectivity index (χ1n) is 7.26. The minimum absolute atomic E-state index is 0.473. The van der Waals surface area contributed by atoms with Crippen molar-refractivity contribution in [3.05, 3.63) is 0 Å². The average molecular weight is 241 g/mol. The summed E-state index contributed by atoms with van der Waals surface area (Å²) in [6.07, 6.45) is 9.70. The van der Waals surface area contributed by atoms with E-state index in [4.69, 9.17) is 9.47 Å². The molecule has 1 saturated heterocycles. The lowest BCUT2D eigenvalue weighted by atomic mass is 10.00. The van der Waals surface area contributed by atoms with Crippen molar-refractivity contribution >= 4 is 0 Å². The Bertz CT molecular complexity index is 196. The Hall–Kier alpha value is -0.120. The molecule has 3 nitrogen and oxygen atoms in total. The summed E-state index contributed by atoms with van der Waals surface area (Å²) in [5.41, 5.74) is 0. The third-order valence-electron chi connectivity index (χ3n) is 4.22. The van der Waals surface area contributed by atoms with E-state index in [0.717, 1.165) is 19.8 Å². The highest BCUT2D eigenvalue weighted by Gasteiger charge is 2.25. The molecule has 1 saturated carbocycles. The van der Waals surface area contributed by atoms with Crippen LogP contribution in [0.3, 0.4) is 0 Å². The lowest BCUT2D eigenvalue weighted by molar-refractivity contribution is 0.0191.